The molecule has 0 aliphatic heterocycles. The lowest BCUT2D eigenvalue weighted by Gasteiger charge is -2.10. The molecule has 1 N–H and O–H groups in total. The van der Waals surface area contributed by atoms with E-state index in [4.69, 9.17) is 5.11 Å². The minimum Gasteiger partial charge on any atom is -0.396 e. The lowest BCUT2D eigenvalue weighted by atomic mass is 10.0. The van der Waals surface area contributed by atoms with Crippen LogP contribution in [0.5, 0.6) is 0 Å². The molecule has 0 spiro atoms. The number of aliphatic hydroxyl groups is 1. The van der Waals surface area contributed by atoms with Crippen molar-refractivity contribution in [3.63, 3.8) is 0 Å². The molecule has 0 aliphatic carbocycles. The van der Waals surface area contributed by atoms with Crippen molar-refractivity contribution in [3.05, 3.63) is 29.6 Å². The van der Waals surface area contributed by atoms with E-state index in [0.717, 1.165) is 11.3 Å². The van der Waals surface area contributed by atoms with Crippen molar-refractivity contribution in [3.8, 4) is 0 Å². The first-order valence-electron chi connectivity index (χ1n) is 3.95. The highest BCUT2D eigenvalue weighted by molar-refractivity contribution is 7.79. The highest BCUT2D eigenvalue weighted by atomic mass is 32.1. The smallest absolute Gasteiger partial charge is 0.0512 e. The van der Waals surface area contributed by atoms with Crippen molar-refractivity contribution in [2.75, 3.05) is 6.61 Å². The van der Waals surface area contributed by atoms with E-state index in [9.17, 15) is 0 Å². The minimum absolute atomic E-state index is 0.105. The van der Waals surface area contributed by atoms with Crippen LogP contribution in [0.2, 0.25) is 0 Å². The number of pyridine rings is 1. The molecule has 2 nitrogen and oxygen atoms in total. The molecule has 0 radical (unpaired) electrons. The molecule has 1 aromatic rings. The van der Waals surface area contributed by atoms with Crippen molar-refractivity contribution in [2.24, 2.45) is 0 Å². The molecule has 1 unspecified atom stereocenters. The molecular formula is C9H13NOS. The van der Waals surface area contributed by atoms with E-state index in [2.05, 4.69) is 17.6 Å². The van der Waals surface area contributed by atoms with Crippen LogP contribution in [-0.2, 0) is 5.75 Å². The lowest BCUT2D eigenvalue weighted by Crippen LogP contribution is -2.04. The van der Waals surface area contributed by atoms with Crippen molar-refractivity contribution >= 4 is 12.6 Å². The zero-order chi connectivity index (χ0) is 8.97. The van der Waals surface area contributed by atoms with E-state index in [-0.39, 0.29) is 12.5 Å². The molecule has 0 aliphatic rings. The molecule has 0 aromatic carbocycles. The first-order valence-corrected chi connectivity index (χ1v) is 4.58. The molecule has 0 fully saturated rings. The average Bonchev–Trinajstić information content (AvgIpc) is 2.16. The Morgan fingerprint density at radius 2 is 2.42 bits per heavy atom. The fraction of sp³-hybridized carbons (Fsp3) is 0.444. The number of rotatable bonds is 3. The van der Waals surface area contributed by atoms with Gasteiger partial charge in [-0.3, -0.25) is 4.98 Å². The Bertz CT molecular complexity index is 252. The molecule has 12 heavy (non-hydrogen) atoms. The highest BCUT2D eigenvalue weighted by Crippen LogP contribution is 2.17. The van der Waals surface area contributed by atoms with Gasteiger partial charge in [0.1, 0.15) is 0 Å². The van der Waals surface area contributed by atoms with Gasteiger partial charge in [-0.15, -0.1) is 0 Å². The zero-order valence-corrected chi connectivity index (χ0v) is 7.96. The largest absolute Gasteiger partial charge is 0.396 e. The van der Waals surface area contributed by atoms with Gasteiger partial charge in [-0.05, 0) is 11.6 Å². The Balaban J connectivity index is 2.96. The first-order chi connectivity index (χ1) is 5.79. The number of aromatic nitrogens is 1. The van der Waals surface area contributed by atoms with Crippen LogP contribution in [0, 0.1) is 0 Å². The predicted molar refractivity (Wildman–Crippen MR) is 52.4 cm³/mol. The number of hydrogen-bond donors (Lipinski definition) is 2. The third-order valence-electron chi connectivity index (χ3n) is 1.84. The van der Waals surface area contributed by atoms with E-state index in [0.29, 0.717) is 5.75 Å². The Kier molecular flexibility index (Phi) is 3.56. The van der Waals surface area contributed by atoms with E-state index >= 15 is 0 Å². The highest BCUT2D eigenvalue weighted by Gasteiger charge is 2.08. The van der Waals surface area contributed by atoms with Gasteiger partial charge in [-0.1, -0.05) is 13.0 Å². The van der Waals surface area contributed by atoms with Gasteiger partial charge in [-0.25, -0.2) is 0 Å². The summed E-state index contributed by atoms with van der Waals surface area (Å²) in [6, 6.07) is 3.88. The summed E-state index contributed by atoms with van der Waals surface area (Å²) in [5.74, 6) is 0.779. The fourth-order valence-corrected chi connectivity index (χ4v) is 1.38. The van der Waals surface area contributed by atoms with Crippen LogP contribution < -0.4 is 0 Å². The van der Waals surface area contributed by atoms with Gasteiger partial charge < -0.3 is 5.11 Å². The van der Waals surface area contributed by atoms with Crippen LogP contribution in [0.3, 0.4) is 0 Å². The molecule has 0 amide bonds. The van der Waals surface area contributed by atoms with Gasteiger partial charge >= 0.3 is 0 Å². The predicted octanol–water partition coefficient (Wildman–Crippen LogP) is 1.61. The third-order valence-corrected chi connectivity index (χ3v) is 2.18. The van der Waals surface area contributed by atoms with Crippen LogP contribution in [0.1, 0.15) is 24.1 Å². The second kappa shape index (κ2) is 4.48. The maximum absolute atomic E-state index is 8.94. The molecule has 1 atom stereocenters. The summed E-state index contributed by atoms with van der Waals surface area (Å²) in [7, 11) is 0. The molecule has 3 heteroatoms. The van der Waals surface area contributed by atoms with Gasteiger partial charge in [0.25, 0.3) is 0 Å². The van der Waals surface area contributed by atoms with E-state index < -0.39 is 0 Å². The van der Waals surface area contributed by atoms with E-state index in [1.807, 2.05) is 19.1 Å². The second-order valence-electron chi connectivity index (χ2n) is 2.79. The number of nitrogens with zero attached hydrogens (tertiary/aromatic N) is 1. The number of thiol groups is 1. The average molecular weight is 183 g/mol. The standard InChI is InChI=1S/C9H13NOS/c1-7(5-11)9-8(6-12)3-2-4-10-9/h2-4,7,11-12H,5-6H2,1H3. The maximum atomic E-state index is 8.94. The normalized spacial score (nSPS) is 12.9. The minimum atomic E-state index is 0.105. The summed E-state index contributed by atoms with van der Waals surface area (Å²) in [6.07, 6.45) is 1.74. The van der Waals surface area contributed by atoms with Crippen LogP contribution in [-0.4, -0.2) is 16.7 Å². The van der Waals surface area contributed by atoms with Crippen LogP contribution in [0.25, 0.3) is 0 Å². The molecule has 0 saturated heterocycles. The Morgan fingerprint density at radius 1 is 1.67 bits per heavy atom. The summed E-state index contributed by atoms with van der Waals surface area (Å²) < 4.78 is 0. The summed E-state index contributed by atoms with van der Waals surface area (Å²) in [6.45, 7) is 2.09. The van der Waals surface area contributed by atoms with Gasteiger partial charge in [0.05, 0.1) is 6.61 Å². The Labute approximate surface area is 78.1 Å². The second-order valence-corrected chi connectivity index (χ2v) is 3.11. The van der Waals surface area contributed by atoms with Gasteiger partial charge in [0.2, 0.25) is 0 Å². The maximum Gasteiger partial charge on any atom is 0.0512 e. The van der Waals surface area contributed by atoms with Gasteiger partial charge in [0, 0.05) is 23.6 Å². The molecule has 66 valence electrons. The molecule has 1 aromatic heterocycles. The third kappa shape index (κ3) is 1.99. The Morgan fingerprint density at radius 3 is 3.00 bits per heavy atom. The van der Waals surface area contributed by atoms with Crippen molar-refractivity contribution in [1.29, 1.82) is 0 Å². The Hall–Kier alpha value is -0.540. The zero-order valence-electron chi connectivity index (χ0n) is 7.07. The molecule has 1 heterocycles. The number of aliphatic hydroxyl groups excluding tert-OH is 1. The monoisotopic (exact) mass is 183 g/mol. The summed E-state index contributed by atoms with van der Waals surface area (Å²) in [5.41, 5.74) is 2.05. The summed E-state index contributed by atoms with van der Waals surface area (Å²) >= 11 is 4.19. The molecule has 1 rings (SSSR count). The van der Waals surface area contributed by atoms with Gasteiger partial charge in [-0.2, -0.15) is 12.6 Å². The topological polar surface area (TPSA) is 33.1 Å². The molecule has 0 bridgehead atoms. The van der Waals surface area contributed by atoms with Gasteiger partial charge in [0.15, 0.2) is 0 Å². The first kappa shape index (κ1) is 9.55. The van der Waals surface area contributed by atoms with E-state index in [1.165, 1.54) is 0 Å². The van der Waals surface area contributed by atoms with Crippen molar-refractivity contribution in [1.82, 2.24) is 4.98 Å². The van der Waals surface area contributed by atoms with Crippen molar-refractivity contribution < 1.29 is 5.11 Å². The fourth-order valence-electron chi connectivity index (χ4n) is 1.11. The summed E-state index contributed by atoms with van der Waals surface area (Å²) in [4.78, 5) is 4.21. The van der Waals surface area contributed by atoms with E-state index in [1.54, 1.807) is 6.20 Å². The number of hydrogen-bond acceptors (Lipinski definition) is 3. The molecular weight excluding hydrogens is 170 g/mol. The molecule has 0 saturated carbocycles. The summed E-state index contributed by atoms with van der Waals surface area (Å²) in [5, 5.41) is 8.94. The van der Waals surface area contributed by atoms with Crippen LogP contribution in [0.15, 0.2) is 18.3 Å². The SMILES string of the molecule is CC(CO)c1ncccc1CS. The van der Waals surface area contributed by atoms with Crippen molar-refractivity contribution in [2.45, 2.75) is 18.6 Å². The van der Waals surface area contributed by atoms with Crippen LogP contribution in [0.4, 0.5) is 0 Å². The van der Waals surface area contributed by atoms with Crippen LogP contribution >= 0.6 is 12.6 Å². The quantitative estimate of drug-likeness (QED) is 0.698. The lowest BCUT2D eigenvalue weighted by molar-refractivity contribution is 0.270.